The molecule has 1 heterocycles. The van der Waals surface area contributed by atoms with Gasteiger partial charge in [-0.1, -0.05) is 15.9 Å². The highest BCUT2D eigenvalue weighted by molar-refractivity contribution is 9.10. The summed E-state index contributed by atoms with van der Waals surface area (Å²) in [4.78, 5) is 14.2. The van der Waals surface area contributed by atoms with Crippen LogP contribution in [-0.2, 0) is 4.79 Å². The molecule has 0 bridgehead atoms. The highest BCUT2D eigenvalue weighted by Gasteiger charge is 2.30. The largest absolute Gasteiger partial charge is 0.389 e. The van der Waals surface area contributed by atoms with Crippen molar-refractivity contribution < 1.29 is 9.90 Å². The van der Waals surface area contributed by atoms with Crippen LogP contribution >= 0.6 is 15.9 Å². The van der Waals surface area contributed by atoms with Gasteiger partial charge in [-0.15, -0.1) is 0 Å². The Morgan fingerprint density at radius 2 is 2.25 bits per heavy atom. The summed E-state index contributed by atoms with van der Waals surface area (Å²) >= 11 is 3.44. The molecule has 110 valence electrons. The van der Waals surface area contributed by atoms with E-state index in [0.29, 0.717) is 0 Å². The number of carbonyl (C=O) groups is 1. The van der Waals surface area contributed by atoms with E-state index in [1.54, 1.807) is 14.0 Å². The standard InChI is InChI=1S/C15H21BrN2O2/c1-10(19)12-9-11(16)6-7-13(12)18-8-4-3-5-14(18)15(20)17-2/h6-7,9-10,14,19H,3-5,8H2,1-2H3,(H,17,20). The fraction of sp³-hybridized carbons (Fsp3) is 0.533. The summed E-state index contributed by atoms with van der Waals surface area (Å²) in [5.74, 6) is 0.0455. The summed E-state index contributed by atoms with van der Waals surface area (Å²) in [6.45, 7) is 2.60. The van der Waals surface area contributed by atoms with Crippen LogP contribution in [0.3, 0.4) is 0 Å². The maximum absolute atomic E-state index is 12.1. The van der Waals surface area contributed by atoms with Crippen molar-refractivity contribution in [1.29, 1.82) is 0 Å². The zero-order chi connectivity index (χ0) is 14.7. The molecule has 2 rings (SSSR count). The monoisotopic (exact) mass is 340 g/mol. The van der Waals surface area contributed by atoms with Gasteiger partial charge in [0.2, 0.25) is 5.91 Å². The fourth-order valence-corrected chi connectivity index (χ4v) is 3.16. The van der Waals surface area contributed by atoms with Crippen LogP contribution in [0.2, 0.25) is 0 Å². The van der Waals surface area contributed by atoms with Crippen LogP contribution in [0.15, 0.2) is 22.7 Å². The quantitative estimate of drug-likeness (QED) is 0.889. The summed E-state index contributed by atoms with van der Waals surface area (Å²) < 4.78 is 0.936. The molecule has 2 atom stereocenters. The summed E-state index contributed by atoms with van der Waals surface area (Å²) in [5, 5.41) is 12.7. The van der Waals surface area contributed by atoms with Crippen LogP contribution in [0.1, 0.15) is 37.9 Å². The number of rotatable bonds is 3. The minimum absolute atomic E-state index is 0.0455. The van der Waals surface area contributed by atoms with E-state index in [0.717, 1.165) is 41.5 Å². The lowest BCUT2D eigenvalue weighted by atomic mass is 9.98. The fourth-order valence-electron chi connectivity index (χ4n) is 2.78. The van der Waals surface area contributed by atoms with Crippen LogP contribution < -0.4 is 10.2 Å². The van der Waals surface area contributed by atoms with E-state index in [1.165, 1.54) is 0 Å². The smallest absolute Gasteiger partial charge is 0.242 e. The second-order valence-corrected chi connectivity index (χ2v) is 6.11. The molecule has 1 aromatic carbocycles. The molecule has 1 saturated heterocycles. The Kier molecular flexibility index (Phi) is 5.05. The van der Waals surface area contributed by atoms with Crippen molar-refractivity contribution in [2.45, 2.75) is 38.3 Å². The number of benzene rings is 1. The van der Waals surface area contributed by atoms with Gasteiger partial charge in [0.15, 0.2) is 0 Å². The Morgan fingerprint density at radius 3 is 2.90 bits per heavy atom. The first-order valence-electron chi connectivity index (χ1n) is 7.00. The van der Waals surface area contributed by atoms with Gasteiger partial charge in [-0.2, -0.15) is 0 Å². The molecule has 5 heteroatoms. The molecule has 0 radical (unpaired) electrons. The minimum Gasteiger partial charge on any atom is -0.389 e. The number of hydrogen-bond acceptors (Lipinski definition) is 3. The number of nitrogens with one attached hydrogen (secondary N) is 1. The Bertz CT molecular complexity index is 491. The molecule has 4 nitrogen and oxygen atoms in total. The third-order valence-electron chi connectivity index (χ3n) is 3.80. The van der Waals surface area contributed by atoms with E-state index < -0.39 is 6.10 Å². The number of piperidine rings is 1. The highest BCUT2D eigenvalue weighted by atomic mass is 79.9. The number of aliphatic hydroxyl groups is 1. The molecular weight excluding hydrogens is 320 g/mol. The highest BCUT2D eigenvalue weighted by Crippen LogP contribution is 2.33. The zero-order valence-corrected chi connectivity index (χ0v) is 13.5. The topological polar surface area (TPSA) is 52.6 Å². The minimum atomic E-state index is -0.560. The first-order chi connectivity index (χ1) is 9.54. The molecule has 0 aromatic heterocycles. The molecular formula is C15H21BrN2O2. The molecule has 1 fully saturated rings. The van der Waals surface area contributed by atoms with Gasteiger partial charge in [-0.3, -0.25) is 4.79 Å². The van der Waals surface area contributed by atoms with E-state index >= 15 is 0 Å². The third kappa shape index (κ3) is 3.15. The maximum Gasteiger partial charge on any atom is 0.242 e. The van der Waals surface area contributed by atoms with Crippen LogP contribution in [0.4, 0.5) is 5.69 Å². The zero-order valence-electron chi connectivity index (χ0n) is 11.9. The number of aliphatic hydroxyl groups excluding tert-OH is 1. The van der Waals surface area contributed by atoms with Gasteiger partial charge in [0.05, 0.1) is 6.10 Å². The van der Waals surface area contributed by atoms with Gasteiger partial charge >= 0.3 is 0 Å². The molecule has 1 amide bonds. The van der Waals surface area contributed by atoms with Crippen molar-refractivity contribution in [3.8, 4) is 0 Å². The summed E-state index contributed by atoms with van der Waals surface area (Å²) in [5.41, 5.74) is 1.81. The number of carbonyl (C=O) groups excluding carboxylic acids is 1. The third-order valence-corrected chi connectivity index (χ3v) is 4.29. The van der Waals surface area contributed by atoms with Gasteiger partial charge in [0.1, 0.15) is 6.04 Å². The Morgan fingerprint density at radius 1 is 1.50 bits per heavy atom. The van der Waals surface area contributed by atoms with E-state index in [1.807, 2.05) is 18.2 Å². The summed E-state index contributed by atoms with van der Waals surface area (Å²) in [7, 11) is 1.67. The number of nitrogens with zero attached hydrogens (tertiary/aromatic N) is 1. The van der Waals surface area contributed by atoms with Gasteiger partial charge < -0.3 is 15.3 Å². The van der Waals surface area contributed by atoms with Gasteiger partial charge in [-0.05, 0) is 44.4 Å². The maximum atomic E-state index is 12.1. The van der Waals surface area contributed by atoms with Crippen molar-refractivity contribution in [1.82, 2.24) is 5.32 Å². The van der Waals surface area contributed by atoms with Crippen LogP contribution in [-0.4, -0.2) is 30.6 Å². The van der Waals surface area contributed by atoms with Gasteiger partial charge in [0, 0.05) is 29.3 Å². The predicted octanol–water partition coefficient (Wildman–Crippen LogP) is 2.61. The lowest BCUT2D eigenvalue weighted by molar-refractivity contribution is -0.122. The average molecular weight is 341 g/mol. The van der Waals surface area contributed by atoms with Crippen molar-refractivity contribution in [2.75, 3.05) is 18.5 Å². The second-order valence-electron chi connectivity index (χ2n) is 5.20. The Labute approximate surface area is 128 Å². The molecule has 2 N–H and O–H groups in total. The van der Waals surface area contributed by atoms with Crippen LogP contribution in [0.25, 0.3) is 0 Å². The second kappa shape index (κ2) is 6.59. The van der Waals surface area contributed by atoms with Gasteiger partial charge in [-0.25, -0.2) is 0 Å². The molecule has 1 aliphatic rings. The number of amides is 1. The van der Waals surface area contributed by atoms with Crippen LogP contribution in [0, 0.1) is 0 Å². The van der Waals surface area contributed by atoms with Crippen molar-refractivity contribution in [2.24, 2.45) is 0 Å². The Hall–Kier alpha value is -1.07. The van der Waals surface area contributed by atoms with E-state index in [9.17, 15) is 9.90 Å². The van der Waals surface area contributed by atoms with E-state index in [-0.39, 0.29) is 11.9 Å². The van der Waals surface area contributed by atoms with E-state index in [4.69, 9.17) is 0 Å². The summed E-state index contributed by atoms with van der Waals surface area (Å²) in [6.07, 6.45) is 2.43. The first-order valence-corrected chi connectivity index (χ1v) is 7.79. The molecule has 0 aliphatic carbocycles. The number of halogens is 1. The molecule has 1 aromatic rings. The lowest BCUT2D eigenvalue weighted by Crippen LogP contribution is -2.49. The van der Waals surface area contributed by atoms with Crippen molar-refractivity contribution in [3.63, 3.8) is 0 Å². The number of anilines is 1. The number of hydrogen-bond donors (Lipinski definition) is 2. The molecule has 20 heavy (non-hydrogen) atoms. The van der Waals surface area contributed by atoms with Crippen LogP contribution in [0.5, 0.6) is 0 Å². The SMILES string of the molecule is CNC(=O)C1CCCCN1c1ccc(Br)cc1C(C)O. The van der Waals surface area contributed by atoms with E-state index in [2.05, 4.69) is 26.1 Å². The molecule has 0 saturated carbocycles. The normalized spacial score (nSPS) is 20.6. The molecule has 0 spiro atoms. The average Bonchev–Trinajstić information content (AvgIpc) is 2.46. The Balaban J connectivity index is 2.39. The number of likely N-dealkylation sites (N-methyl/N-ethyl adjacent to an activating group) is 1. The lowest BCUT2D eigenvalue weighted by Gasteiger charge is -2.37. The summed E-state index contributed by atoms with van der Waals surface area (Å²) in [6, 6.07) is 5.71. The molecule has 2 unspecified atom stereocenters. The predicted molar refractivity (Wildman–Crippen MR) is 83.8 cm³/mol. The first kappa shape index (κ1) is 15.3. The van der Waals surface area contributed by atoms with Crippen molar-refractivity contribution >= 4 is 27.5 Å². The molecule has 1 aliphatic heterocycles. The van der Waals surface area contributed by atoms with Crippen molar-refractivity contribution in [3.05, 3.63) is 28.2 Å². The van der Waals surface area contributed by atoms with Gasteiger partial charge in [0.25, 0.3) is 0 Å².